The third-order valence-electron chi connectivity index (χ3n) is 5.28. The topological polar surface area (TPSA) is 67.8 Å². The van der Waals surface area contributed by atoms with Crippen LogP contribution in [0.15, 0.2) is 78.9 Å². The van der Waals surface area contributed by atoms with Crippen molar-refractivity contribution < 1.29 is 4.74 Å². The van der Waals surface area contributed by atoms with Gasteiger partial charge >= 0.3 is 0 Å². The highest BCUT2D eigenvalue weighted by molar-refractivity contribution is 5.58. The van der Waals surface area contributed by atoms with Crippen molar-refractivity contribution >= 4 is 5.69 Å². The van der Waals surface area contributed by atoms with Crippen LogP contribution in [-0.2, 0) is 13.1 Å². The van der Waals surface area contributed by atoms with Crippen molar-refractivity contribution in [3.05, 3.63) is 95.6 Å². The number of methoxy groups -OCH3 is 1. The molecule has 0 aliphatic carbocycles. The third-order valence-corrected chi connectivity index (χ3v) is 5.28. The second kappa shape index (κ2) is 8.02. The van der Waals surface area contributed by atoms with Gasteiger partial charge < -0.3 is 15.4 Å². The third kappa shape index (κ3) is 3.60. The minimum absolute atomic E-state index is 0.257. The molecule has 2 unspecified atom stereocenters. The summed E-state index contributed by atoms with van der Waals surface area (Å²) in [5.41, 5.74) is 17.9. The minimum Gasteiger partial charge on any atom is -0.497 e. The van der Waals surface area contributed by atoms with Gasteiger partial charge in [-0.15, -0.1) is 0 Å². The van der Waals surface area contributed by atoms with E-state index in [1.165, 1.54) is 5.56 Å². The summed E-state index contributed by atoms with van der Waals surface area (Å²) in [4.78, 5) is 4.34. The van der Waals surface area contributed by atoms with Crippen LogP contribution in [0.2, 0.25) is 0 Å². The number of anilines is 1. The number of nitrogens with two attached hydrogens (primary N) is 2. The smallest absolute Gasteiger partial charge is 0.136 e. The van der Waals surface area contributed by atoms with Crippen LogP contribution in [0.4, 0.5) is 5.69 Å². The van der Waals surface area contributed by atoms with Crippen LogP contribution in [-0.4, -0.2) is 18.3 Å². The summed E-state index contributed by atoms with van der Waals surface area (Å²) >= 11 is 0. The monoisotopic (exact) mass is 374 g/mol. The number of nitrogens with zero attached hydrogens (tertiary/aromatic N) is 2. The number of ether oxygens (including phenoxy) is 1. The molecule has 144 valence electrons. The van der Waals surface area contributed by atoms with Crippen LogP contribution < -0.4 is 21.1 Å². The van der Waals surface area contributed by atoms with Gasteiger partial charge in [0, 0.05) is 24.3 Å². The second-order valence-corrected chi connectivity index (χ2v) is 7.05. The van der Waals surface area contributed by atoms with Crippen LogP contribution in [0.25, 0.3) is 0 Å². The highest BCUT2D eigenvalue weighted by atomic mass is 16.5. The first-order valence-corrected chi connectivity index (χ1v) is 9.46. The first-order chi connectivity index (χ1) is 13.7. The fourth-order valence-corrected chi connectivity index (χ4v) is 3.80. The van der Waals surface area contributed by atoms with Gasteiger partial charge in [-0.3, -0.25) is 5.73 Å². The van der Waals surface area contributed by atoms with Crippen molar-refractivity contribution in [2.75, 3.05) is 12.0 Å². The molecule has 0 amide bonds. The van der Waals surface area contributed by atoms with Crippen molar-refractivity contribution in [3.63, 3.8) is 0 Å². The molecule has 28 heavy (non-hydrogen) atoms. The van der Waals surface area contributed by atoms with Gasteiger partial charge in [-0.2, -0.15) is 0 Å². The molecule has 4 N–H and O–H groups in total. The summed E-state index contributed by atoms with van der Waals surface area (Å²) in [6.45, 7) is 1.36. The number of hydrogen-bond donors (Lipinski definition) is 2. The van der Waals surface area contributed by atoms with Gasteiger partial charge in [-0.25, -0.2) is 4.90 Å². The first-order valence-electron chi connectivity index (χ1n) is 9.46. The van der Waals surface area contributed by atoms with Gasteiger partial charge in [0.2, 0.25) is 0 Å². The molecule has 0 saturated heterocycles. The summed E-state index contributed by atoms with van der Waals surface area (Å²) in [6, 6.07) is 26.6. The van der Waals surface area contributed by atoms with Gasteiger partial charge in [0.25, 0.3) is 0 Å². The van der Waals surface area contributed by atoms with E-state index in [2.05, 4.69) is 40.1 Å². The summed E-state index contributed by atoms with van der Waals surface area (Å²) in [5.74, 6) is 0.842. The normalized spacial score (nSPS) is 19.3. The van der Waals surface area contributed by atoms with Crippen molar-refractivity contribution in [1.29, 1.82) is 0 Å². The molecule has 4 rings (SSSR count). The van der Waals surface area contributed by atoms with E-state index in [4.69, 9.17) is 16.2 Å². The Hall–Kier alpha value is -2.86. The predicted octanol–water partition coefficient (Wildman–Crippen LogP) is 3.42. The van der Waals surface area contributed by atoms with E-state index >= 15 is 0 Å². The highest BCUT2D eigenvalue weighted by Gasteiger charge is 2.35. The molecule has 0 radical (unpaired) electrons. The summed E-state index contributed by atoms with van der Waals surface area (Å²) in [6.07, 6.45) is -0.593. The molecule has 1 heterocycles. The second-order valence-electron chi connectivity index (χ2n) is 7.05. The van der Waals surface area contributed by atoms with E-state index in [1.54, 1.807) is 7.11 Å². The number of benzene rings is 3. The summed E-state index contributed by atoms with van der Waals surface area (Å²) < 4.78 is 5.38. The van der Waals surface area contributed by atoms with Crippen molar-refractivity contribution in [2.45, 2.75) is 25.5 Å². The molecule has 3 aromatic rings. The maximum atomic E-state index is 6.74. The first kappa shape index (κ1) is 18.5. The van der Waals surface area contributed by atoms with Crippen LogP contribution in [0.1, 0.15) is 22.9 Å². The Morgan fingerprint density at radius 2 is 1.54 bits per heavy atom. The maximum Gasteiger partial charge on any atom is 0.136 e. The van der Waals surface area contributed by atoms with Crippen molar-refractivity contribution in [1.82, 2.24) is 4.90 Å². The molecule has 5 nitrogen and oxygen atoms in total. The van der Waals surface area contributed by atoms with Crippen LogP contribution in [0.3, 0.4) is 0 Å². The largest absolute Gasteiger partial charge is 0.497 e. The molecule has 1 aliphatic rings. The molecule has 0 fully saturated rings. The number of fused-ring (bicyclic) bond motifs is 1. The lowest BCUT2D eigenvalue weighted by molar-refractivity contribution is 0.112. The van der Waals surface area contributed by atoms with E-state index in [0.29, 0.717) is 13.1 Å². The van der Waals surface area contributed by atoms with Gasteiger partial charge in [0.05, 0.1) is 13.3 Å². The highest BCUT2D eigenvalue weighted by Crippen LogP contribution is 2.36. The lowest BCUT2D eigenvalue weighted by Gasteiger charge is -2.47. The Labute approximate surface area is 166 Å². The lowest BCUT2D eigenvalue weighted by atomic mass is 10.0. The zero-order valence-corrected chi connectivity index (χ0v) is 16.0. The SMILES string of the molecule is COc1cccc(CN2c3ccccc3C(N)N(Cc3ccccc3)C2N)c1. The van der Waals surface area contributed by atoms with Gasteiger partial charge in [0.15, 0.2) is 0 Å². The summed E-state index contributed by atoms with van der Waals surface area (Å²) in [7, 11) is 1.68. The molecule has 3 aromatic carbocycles. The van der Waals surface area contributed by atoms with Crippen LogP contribution in [0.5, 0.6) is 5.75 Å². The fourth-order valence-electron chi connectivity index (χ4n) is 3.80. The molecule has 1 aliphatic heterocycles. The average molecular weight is 374 g/mol. The summed E-state index contributed by atoms with van der Waals surface area (Å²) in [5, 5.41) is 0. The maximum absolute atomic E-state index is 6.74. The van der Waals surface area contributed by atoms with E-state index in [0.717, 1.165) is 22.6 Å². The van der Waals surface area contributed by atoms with Crippen LogP contribution >= 0.6 is 0 Å². The van der Waals surface area contributed by atoms with E-state index < -0.39 is 0 Å². The molecular weight excluding hydrogens is 348 g/mol. The Bertz CT molecular complexity index is 931. The number of rotatable bonds is 5. The molecule has 2 atom stereocenters. The van der Waals surface area contributed by atoms with Gasteiger partial charge in [-0.1, -0.05) is 60.7 Å². The molecular formula is C23H26N4O. The zero-order chi connectivity index (χ0) is 19.5. The van der Waals surface area contributed by atoms with E-state index in [1.807, 2.05) is 48.5 Å². The Kier molecular flexibility index (Phi) is 5.30. The van der Waals surface area contributed by atoms with Gasteiger partial charge in [-0.05, 0) is 29.3 Å². The van der Waals surface area contributed by atoms with Gasteiger partial charge in [0.1, 0.15) is 12.0 Å². The number of hydrogen-bond acceptors (Lipinski definition) is 5. The zero-order valence-electron chi connectivity index (χ0n) is 16.0. The average Bonchev–Trinajstić information content (AvgIpc) is 2.75. The predicted molar refractivity (Wildman–Crippen MR) is 113 cm³/mol. The lowest BCUT2D eigenvalue weighted by Crippen LogP contribution is -2.59. The van der Waals surface area contributed by atoms with Crippen molar-refractivity contribution in [2.24, 2.45) is 11.5 Å². The van der Waals surface area contributed by atoms with E-state index in [9.17, 15) is 0 Å². The number of para-hydroxylation sites is 1. The van der Waals surface area contributed by atoms with Crippen LogP contribution in [0, 0.1) is 0 Å². The Balaban J connectivity index is 1.68. The quantitative estimate of drug-likeness (QED) is 0.716. The molecule has 0 aromatic heterocycles. The molecule has 5 heteroatoms. The standard InChI is InChI=1S/C23H26N4O/c1-28-19-11-7-10-18(14-19)16-26-21-13-6-5-12-20(21)22(24)27(23(26)25)15-17-8-3-2-4-9-17/h2-14,22-23H,15-16,24-25H2,1H3. The molecule has 0 saturated carbocycles. The molecule has 0 spiro atoms. The minimum atomic E-state index is -0.337. The van der Waals surface area contributed by atoms with Crippen molar-refractivity contribution in [3.8, 4) is 5.75 Å². The van der Waals surface area contributed by atoms with E-state index in [-0.39, 0.29) is 12.5 Å². The Morgan fingerprint density at radius 3 is 2.32 bits per heavy atom. The fraction of sp³-hybridized carbons (Fsp3) is 0.217. The molecule has 0 bridgehead atoms. The Morgan fingerprint density at radius 1 is 0.821 bits per heavy atom.